The molecule has 2 aromatic rings. The van der Waals surface area contributed by atoms with Crippen molar-refractivity contribution in [3.8, 4) is 0 Å². The molecule has 0 amide bonds. The van der Waals surface area contributed by atoms with Crippen LogP contribution in [0.15, 0.2) is 93.1 Å². The summed E-state index contributed by atoms with van der Waals surface area (Å²) in [7, 11) is 3.34. The highest BCUT2D eigenvalue weighted by Crippen LogP contribution is 2.32. The Morgan fingerprint density at radius 1 is 1.33 bits per heavy atom. The first-order valence-corrected chi connectivity index (χ1v) is 14.0. The number of nitrogens with one attached hydrogen (secondary N) is 1. The second-order valence-electron chi connectivity index (χ2n) is 10.6. The van der Waals surface area contributed by atoms with Crippen molar-refractivity contribution in [1.29, 1.82) is 0 Å². The zero-order valence-electron chi connectivity index (χ0n) is 24.6. The highest BCUT2D eigenvalue weighted by atomic mass is 19.2. The minimum atomic E-state index is -1.52. The first-order chi connectivity index (χ1) is 20.6. The van der Waals surface area contributed by atoms with E-state index in [1.165, 1.54) is 10.6 Å². The Bertz CT molecular complexity index is 1780. The molecule has 1 aliphatic heterocycles. The number of allylic oxidation sites excluding steroid dienone is 10. The van der Waals surface area contributed by atoms with Crippen LogP contribution in [-0.4, -0.2) is 44.1 Å². The van der Waals surface area contributed by atoms with Crippen molar-refractivity contribution < 1.29 is 17.9 Å². The van der Waals surface area contributed by atoms with Crippen LogP contribution in [0.2, 0.25) is 0 Å². The average molecular weight is 594 g/mol. The van der Waals surface area contributed by atoms with Gasteiger partial charge in [0.2, 0.25) is 5.62 Å². The number of hydrogen-bond acceptors (Lipinski definition) is 6. The fraction of sp³-hybridized carbons (Fsp3) is 0.355. The molecule has 43 heavy (non-hydrogen) atoms. The van der Waals surface area contributed by atoms with E-state index < -0.39 is 35.5 Å². The minimum absolute atomic E-state index is 0.0657. The Balaban J connectivity index is 1.54. The molecule has 1 atom stereocenters. The van der Waals surface area contributed by atoms with Crippen LogP contribution in [0.3, 0.4) is 0 Å². The second kappa shape index (κ2) is 12.3. The predicted molar refractivity (Wildman–Crippen MR) is 161 cm³/mol. The van der Waals surface area contributed by atoms with E-state index in [0.717, 1.165) is 30.3 Å². The Kier molecular flexibility index (Phi) is 8.56. The van der Waals surface area contributed by atoms with E-state index in [1.54, 1.807) is 38.1 Å². The Morgan fingerprint density at radius 2 is 2.09 bits per heavy atom. The molecular weight excluding hydrogens is 559 g/mol. The number of imidazole rings is 1. The highest BCUT2D eigenvalue weighted by Gasteiger charge is 2.27. The second-order valence-corrected chi connectivity index (χ2v) is 10.6. The van der Waals surface area contributed by atoms with Gasteiger partial charge < -0.3 is 14.6 Å². The predicted octanol–water partition coefficient (Wildman–Crippen LogP) is 5.80. The minimum Gasteiger partial charge on any atom is -0.495 e. The van der Waals surface area contributed by atoms with Crippen molar-refractivity contribution in [2.75, 3.05) is 19.0 Å². The molecule has 0 saturated heterocycles. The number of ether oxygens (including phenoxy) is 1. The molecule has 3 heterocycles. The van der Waals surface area contributed by atoms with E-state index in [0.29, 0.717) is 35.9 Å². The first-order valence-electron chi connectivity index (χ1n) is 14.0. The van der Waals surface area contributed by atoms with Gasteiger partial charge in [-0.25, -0.2) is 28.1 Å². The van der Waals surface area contributed by atoms with E-state index in [-0.39, 0.29) is 17.3 Å². The molecule has 0 radical (unpaired) electrons. The molecular formula is C31H34F3N7O2. The maximum atomic E-state index is 14.4. The molecule has 2 aromatic heterocycles. The zero-order valence-corrected chi connectivity index (χ0v) is 24.6. The number of aryl methyl sites for hydroxylation is 1. The van der Waals surface area contributed by atoms with Gasteiger partial charge in [-0.1, -0.05) is 18.7 Å². The first kappa shape index (κ1) is 29.9. The third-order valence-corrected chi connectivity index (χ3v) is 7.48. The molecule has 9 nitrogen and oxygen atoms in total. The lowest BCUT2D eigenvalue weighted by molar-refractivity contribution is 0.307. The fourth-order valence-electron chi connectivity index (χ4n) is 4.98. The van der Waals surface area contributed by atoms with E-state index in [4.69, 9.17) is 14.7 Å². The van der Waals surface area contributed by atoms with E-state index in [1.807, 2.05) is 29.8 Å². The normalized spacial score (nSPS) is 18.8. The summed E-state index contributed by atoms with van der Waals surface area (Å²) in [6.45, 7) is 7.80. The molecule has 1 N–H and O–H groups in total. The summed E-state index contributed by atoms with van der Waals surface area (Å²) in [6.07, 6.45) is 13.1. The molecule has 12 heteroatoms. The van der Waals surface area contributed by atoms with Crippen LogP contribution < -0.4 is 16.5 Å². The molecule has 1 fully saturated rings. The summed E-state index contributed by atoms with van der Waals surface area (Å²) in [4.78, 5) is 27.8. The van der Waals surface area contributed by atoms with Crippen LogP contribution in [0.1, 0.15) is 44.3 Å². The van der Waals surface area contributed by atoms with Crippen LogP contribution >= 0.6 is 0 Å². The van der Waals surface area contributed by atoms with Gasteiger partial charge in [-0.3, -0.25) is 13.9 Å². The lowest BCUT2D eigenvalue weighted by atomic mass is 10.1. The van der Waals surface area contributed by atoms with Gasteiger partial charge in [-0.15, -0.1) is 0 Å². The lowest BCUT2D eigenvalue weighted by Gasteiger charge is -2.25. The maximum Gasteiger partial charge on any atom is 0.283 e. The van der Waals surface area contributed by atoms with Crippen LogP contribution in [-0.2, 0) is 11.8 Å². The van der Waals surface area contributed by atoms with Crippen molar-refractivity contribution in [3.63, 3.8) is 0 Å². The van der Waals surface area contributed by atoms with Crippen molar-refractivity contribution >= 4 is 22.9 Å². The summed E-state index contributed by atoms with van der Waals surface area (Å²) >= 11 is 0. The smallest absolute Gasteiger partial charge is 0.283 e. The number of hydrogen-bond donors (Lipinski definition) is 1. The highest BCUT2D eigenvalue weighted by molar-refractivity contribution is 5.95. The maximum absolute atomic E-state index is 14.4. The van der Waals surface area contributed by atoms with E-state index in [9.17, 15) is 18.0 Å². The monoisotopic (exact) mass is 593 g/mol. The van der Waals surface area contributed by atoms with Gasteiger partial charge in [0.1, 0.15) is 17.4 Å². The lowest BCUT2D eigenvalue weighted by Crippen LogP contribution is -2.44. The van der Waals surface area contributed by atoms with Gasteiger partial charge in [0.05, 0.1) is 43.5 Å². The molecule has 3 aliphatic rings. The Hall–Kier alpha value is -4.61. The third kappa shape index (κ3) is 6.13. The van der Waals surface area contributed by atoms with Crippen molar-refractivity contribution in [2.45, 2.75) is 51.6 Å². The van der Waals surface area contributed by atoms with Gasteiger partial charge in [-0.05, 0) is 50.5 Å². The molecule has 0 bridgehead atoms. The summed E-state index contributed by atoms with van der Waals surface area (Å²) in [5, 5.41) is 3.31. The molecule has 1 unspecified atom stereocenters. The van der Waals surface area contributed by atoms with Gasteiger partial charge in [0, 0.05) is 31.8 Å². The number of rotatable bonds is 9. The number of fused-ring (bicyclic) bond motifs is 1. The standard InChI is InChI=1S/C31H34F3N7O2/c1-6-26(43-5)25(40-16-18(2)36-17-40)9-7-8-22-15-35-29-28(37-22)30(42)41(31(39(29)4)38-21-11-12-21)19(3)20-10-13-23(32)27(34)24(33)14-20/h6-7,9-10,14,16-17,19,21,35H,1,8,11-13,15H2,2-5H3/b9-7-,26-25-,38-31?. The number of nitrogens with zero attached hydrogens (tertiary/aromatic N) is 6. The number of aliphatic imine (C=N–C) groups is 1. The van der Waals surface area contributed by atoms with Crippen molar-refractivity contribution in [3.05, 3.63) is 100.0 Å². The average Bonchev–Trinajstić information content (AvgIpc) is 3.74. The Labute approximate surface area is 247 Å². The van der Waals surface area contributed by atoms with Gasteiger partial charge >= 0.3 is 0 Å². The van der Waals surface area contributed by atoms with Crippen LogP contribution in [0.4, 0.5) is 24.7 Å². The summed E-state index contributed by atoms with van der Waals surface area (Å²) < 4.78 is 52.8. The quantitative estimate of drug-likeness (QED) is 0.294. The van der Waals surface area contributed by atoms with Gasteiger partial charge in [0.25, 0.3) is 5.56 Å². The van der Waals surface area contributed by atoms with Crippen molar-refractivity contribution in [2.24, 2.45) is 17.0 Å². The SMILES string of the molecule is C=C/C(OC)=C(\C=C/CC1=Nc2c(n(C)c(=NC3CC3)n(C(C)C3=CCC(F)=C(F)C(F)=C3)c2=O)NC1)n1cnc(C)c1. The number of methoxy groups -OCH3 is 1. The van der Waals surface area contributed by atoms with Crippen LogP contribution in [0.5, 0.6) is 0 Å². The number of aromatic nitrogens is 4. The van der Waals surface area contributed by atoms with E-state index >= 15 is 0 Å². The van der Waals surface area contributed by atoms with Crippen LogP contribution in [0.25, 0.3) is 5.70 Å². The molecule has 226 valence electrons. The summed E-state index contributed by atoms with van der Waals surface area (Å²) in [5.74, 6) is -2.96. The molecule has 0 spiro atoms. The third-order valence-electron chi connectivity index (χ3n) is 7.48. The van der Waals surface area contributed by atoms with Crippen molar-refractivity contribution in [1.82, 2.24) is 18.7 Å². The topological polar surface area (TPSA) is 90.7 Å². The number of halogens is 3. The Morgan fingerprint density at radius 3 is 2.74 bits per heavy atom. The largest absolute Gasteiger partial charge is 0.495 e. The fourth-order valence-corrected chi connectivity index (χ4v) is 4.98. The van der Waals surface area contributed by atoms with Gasteiger partial charge in [-0.2, -0.15) is 0 Å². The van der Waals surface area contributed by atoms with Crippen LogP contribution in [0, 0.1) is 6.92 Å². The van der Waals surface area contributed by atoms with E-state index in [2.05, 4.69) is 16.9 Å². The molecule has 0 aromatic carbocycles. The zero-order chi connectivity index (χ0) is 30.8. The molecule has 2 aliphatic carbocycles. The van der Waals surface area contributed by atoms with Gasteiger partial charge in [0.15, 0.2) is 17.3 Å². The summed E-state index contributed by atoms with van der Waals surface area (Å²) in [6, 6.07) is -0.708. The molecule has 1 saturated carbocycles. The number of anilines is 1. The molecule has 5 rings (SSSR count). The summed E-state index contributed by atoms with van der Waals surface area (Å²) in [5.41, 5.74) is 2.66.